The number of rotatable bonds is 5. The maximum atomic E-state index is 12.1. The molecule has 0 bridgehead atoms. The van der Waals surface area contributed by atoms with Crippen LogP contribution in [0.15, 0.2) is 46.9 Å². The van der Waals surface area contributed by atoms with Gasteiger partial charge >= 0.3 is 0 Å². The molecule has 0 aliphatic carbocycles. The summed E-state index contributed by atoms with van der Waals surface area (Å²) >= 11 is 3.43. The molecule has 0 saturated carbocycles. The third-order valence-electron chi connectivity index (χ3n) is 2.97. The molecule has 0 aromatic heterocycles. The summed E-state index contributed by atoms with van der Waals surface area (Å²) in [6.45, 7) is 0.293. The fraction of sp³-hybridized carbons (Fsp3) is 0.188. The largest absolute Gasteiger partial charge is 0.624 e. The number of halogens is 1. The quantitative estimate of drug-likeness (QED) is 0.358. The molecule has 2 rings (SSSR count). The van der Waals surface area contributed by atoms with E-state index in [1.165, 1.54) is 6.21 Å². The molecule has 21 heavy (non-hydrogen) atoms. The van der Waals surface area contributed by atoms with Crippen LogP contribution in [-0.2, 0) is 6.54 Å². The van der Waals surface area contributed by atoms with Crippen LogP contribution < -0.4 is 9.47 Å². The van der Waals surface area contributed by atoms with Gasteiger partial charge < -0.3 is 14.7 Å². The van der Waals surface area contributed by atoms with E-state index in [0.29, 0.717) is 18.0 Å². The van der Waals surface area contributed by atoms with Crippen molar-refractivity contribution in [1.29, 1.82) is 0 Å². The highest BCUT2D eigenvalue weighted by Gasteiger charge is 2.10. The predicted molar refractivity (Wildman–Crippen MR) is 86.2 cm³/mol. The molecule has 4 nitrogen and oxygen atoms in total. The molecule has 110 valence electrons. The number of nitrogens with zero attached hydrogens (tertiary/aromatic N) is 1. The van der Waals surface area contributed by atoms with Crippen molar-refractivity contribution in [2.75, 3.05) is 14.2 Å². The minimum atomic E-state index is 0.293. The summed E-state index contributed by atoms with van der Waals surface area (Å²) in [6.07, 6.45) is 1.53. The lowest BCUT2D eigenvalue weighted by molar-refractivity contribution is -0.469. The Morgan fingerprint density at radius 3 is 2.33 bits per heavy atom. The summed E-state index contributed by atoms with van der Waals surface area (Å²) in [7, 11) is 3.14. The lowest BCUT2D eigenvalue weighted by Crippen LogP contribution is -2.06. The molecule has 0 N–H and O–H groups in total. The minimum Gasteiger partial charge on any atom is -0.624 e. The van der Waals surface area contributed by atoms with Gasteiger partial charge in [0.15, 0.2) is 24.3 Å². The van der Waals surface area contributed by atoms with Crippen LogP contribution in [-0.4, -0.2) is 25.2 Å². The van der Waals surface area contributed by atoms with E-state index in [0.717, 1.165) is 20.3 Å². The zero-order chi connectivity index (χ0) is 15.2. The van der Waals surface area contributed by atoms with Gasteiger partial charge in [-0.3, -0.25) is 0 Å². The monoisotopic (exact) mass is 349 g/mol. The summed E-state index contributed by atoms with van der Waals surface area (Å²) in [5.41, 5.74) is 1.69. The molecule has 0 aliphatic heterocycles. The van der Waals surface area contributed by atoms with Crippen molar-refractivity contribution < 1.29 is 14.2 Å². The Kier molecular flexibility index (Phi) is 5.22. The maximum Gasteiger partial charge on any atom is 0.183 e. The first-order valence-electron chi connectivity index (χ1n) is 6.38. The average molecular weight is 350 g/mol. The van der Waals surface area contributed by atoms with E-state index >= 15 is 0 Å². The molecule has 0 fully saturated rings. The number of hydrogen-bond donors (Lipinski definition) is 0. The Bertz CT molecular complexity index is 641. The van der Waals surface area contributed by atoms with Gasteiger partial charge in [0.05, 0.1) is 19.8 Å². The van der Waals surface area contributed by atoms with Crippen LogP contribution in [0.3, 0.4) is 0 Å². The lowest BCUT2D eigenvalue weighted by Gasteiger charge is -2.10. The fourth-order valence-electron chi connectivity index (χ4n) is 1.93. The van der Waals surface area contributed by atoms with Crippen LogP contribution >= 0.6 is 15.9 Å². The van der Waals surface area contributed by atoms with Crippen molar-refractivity contribution >= 4 is 22.1 Å². The second-order valence-corrected chi connectivity index (χ2v) is 5.27. The van der Waals surface area contributed by atoms with Gasteiger partial charge in [-0.2, -0.15) is 0 Å². The second-order valence-electron chi connectivity index (χ2n) is 4.42. The van der Waals surface area contributed by atoms with E-state index in [2.05, 4.69) is 15.9 Å². The molecule has 2 aromatic carbocycles. The molecular weight excluding hydrogens is 334 g/mol. The van der Waals surface area contributed by atoms with Gasteiger partial charge in [-0.15, -0.1) is 0 Å². The van der Waals surface area contributed by atoms with Gasteiger partial charge in [0, 0.05) is 10.0 Å². The van der Waals surface area contributed by atoms with Gasteiger partial charge in [0.25, 0.3) is 0 Å². The van der Waals surface area contributed by atoms with Crippen LogP contribution in [0.4, 0.5) is 0 Å². The molecule has 0 unspecified atom stereocenters. The van der Waals surface area contributed by atoms with Crippen molar-refractivity contribution in [1.82, 2.24) is 0 Å². The van der Waals surface area contributed by atoms with Crippen LogP contribution in [0.1, 0.15) is 11.1 Å². The molecule has 0 aliphatic rings. The van der Waals surface area contributed by atoms with E-state index in [4.69, 9.17) is 9.47 Å². The molecule has 0 radical (unpaired) electrons. The van der Waals surface area contributed by atoms with Crippen molar-refractivity contribution in [2.24, 2.45) is 0 Å². The van der Waals surface area contributed by atoms with Crippen molar-refractivity contribution in [3.63, 3.8) is 0 Å². The molecule has 0 spiro atoms. The van der Waals surface area contributed by atoms with Gasteiger partial charge in [-0.1, -0.05) is 30.3 Å². The number of hydrogen-bond acceptors (Lipinski definition) is 3. The molecule has 2 aromatic rings. The normalized spacial score (nSPS) is 11.3. The molecule has 0 saturated heterocycles. The first-order valence-corrected chi connectivity index (χ1v) is 7.17. The van der Waals surface area contributed by atoms with Crippen LogP contribution in [0.2, 0.25) is 0 Å². The maximum absolute atomic E-state index is 12.1. The number of benzene rings is 2. The summed E-state index contributed by atoms with van der Waals surface area (Å²) in [6, 6.07) is 13.1. The van der Waals surface area contributed by atoms with E-state index in [1.807, 2.05) is 30.3 Å². The summed E-state index contributed by atoms with van der Waals surface area (Å²) in [5.74, 6) is 1.20. The van der Waals surface area contributed by atoms with Crippen molar-refractivity contribution in [2.45, 2.75) is 6.54 Å². The van der Waals surface area contributed by atoms with Crippen LogP contribution in [0.5, 0.6) is 11.5 Å². The Morgan fingerprint density at radius 2 is 1.71 bits per heavy atom. The minimum absolute atomic E-state index is 0.293. The highest BCUT2D eigenvalue weighted by Crippen LogP contribution is 2.32. The number of methoxy groups -OCH3 is 2. The SMILES string of the molecule is COc1cc(Br)c(/C=[N+](\[O-])Cc2ccccc2)cc1OC. The van der Waals surface area contributed by atoms with E-state index in [-0.39, 0.29) is 0 Å². The smallest absolute Gasteiger partial charge is 0.183 e. The number of hydroxylamine groups is 1. The standard InChI is InChI=1S/C16H16BrNO3/c1-20-15-8-13(14(17)9-16(15)21-2)11-18(19)10-12-6-4-3-5-7-12/h3-9,11H,10H2,1-2H3/b18-11-. The zero-order valence-electron chi connectivity index (χ0n) is 11.9. The highest BCUT2D eigenvalue weighted by atomic mass is 79.9. The van der Waals surface area contributed by atoms with Crippen molar-refractivity contribution in [3.05, 3.63) is 63.3 Å². The third-order valence-corrected chi connectivity index (χ3v) is 3.65. The second kappa shape index (κ2) is 7.13. The summed E-state index contributed by atoms with van der Waals surface area (Å²) in [5, 5.41) is 12.1. The molecule has 5 heteroatoms. The Morgan fingerprint density at radius 1 is 1.10 bits per heavy atom. The summed E-state index contributed by atoms with van der Waals surface area (Å²) < 4.78 is 12.1. The van der Waals surface area contributed by atoms with Crippen molar-refractivity contribution in [3.8, 4) is 11.5 Å². The molecular formula is C16H16BrNO3. The predicted octanol–water partition coefficient (Wildman–Crippen LogP) is 3.60. The Hall–Kier alpha value is -2.01. The third kappa shape index (κ3) is 3.98. The molecule has 0 heterocycles. The fourth-order valence-corrected chi connectivity index (χ4v) is 2.36. The Balaban J connectivity index is 2.27. The number of ether oxygens (including phenoxy) is 2. The first-order chi connectivity index (χ1) is 10.1. The molecule has 0 atom stereocenters. The Labute approximate surface area is 132 Å². The van der Waals surface area contributed by atoms with Gasteiger partial charge in [0.1, 0.15) is 0 Å². The van der Waals surface area contributed by atoms with Gasteiger partial charge in [-0.05, 0) is 28.1 Å². The average Bonchev–Trinajstić information content (AvgIpc) is 2.49. The van der Waals surface area contributed by atoms with Gasteiger partial charge in [-0.25, -0.2) is 4.74 Å². The zero-order valence-corrected chi connectivity index (χ0v) is 13.5. The lowest BCUT2D eigenvalue weighted by atomic mass is 10.2. The highest BCUT2D eigenvalue weighted by molar-refractivity contribution is 9.10. The topological polar surface area (TPSA) is 44.5 Å². The molecule has 0 amide bonds. The van der Waals surface area contributed by atoms with E-state index in [1.54, 1.807) is 26.4 Å². The summed E-state index contributed by atoms with van der Waals surface area (Å²) in [4.78, 5) is 0. The van der Waals surface area contributed by atoms with Crippen LogP contribution in [0.25, 0.3) is 0 Å². The van der Waals surface area contributed by atoms with E-state index in [9.17, 15) is 5.21 Å². The van der Waals surface area contributed by atoms with Gasteiger partial charge in [0.2, 0.25) is 0 Å². The first kappa shape index (κ1) is 15.4. The van der Waals surface area contributed by atoms with Crippen LogP contribution in [0, 0.1) is 5.21 Å². The van der Waals surface area contributed by atoms with E-state index < -0.39 is 0 Å².